The van der Waals surface area contributed by atoms with Gasteiger partial charge in [0, 0.05) is 33.7 Å². The van der Waals surface area contributed by atoms with Crippen molar-refractivity contribution in [2.45, 2.75) is 33.4 Å². The minimum absolute atomic E-state index is 0.0656. The highest BCUT2D eigenvalue weighted by Gasteiger charge is 2.21. The van der Waals surface area contributed by atoms with Crippen molar-refractivity contribution < 1.29 is 18.7 Å². The zero-order valence-electron chi connectivity index (χ0n) is 19.4. The van der Waals surface area contributed by atoms with Crippen LogP contribution in [0.3, 0.4) is 0 Å². The molecule has 7 heteroatoms. The highest BCUT2D eigenvalue weighted by atomic mass is 16.5. The number of methoxy groups -OCH3 is 1. The lowest BCUT2D eigenvalue weighted by Crippen LogP contribution is -2.42. The van der Waals surface area contributed by atoms with E-state index in [4.69, 9.17) is 9.15 Å². The zero-order chi connectivity index (χ0) is 23.8. The Morgan fingerprint density at radius 2 is 1.79 bits per heavy atom. The third-order valence-electron chi connectivity index (χ3n) is 5.48. The second-order valence-corrected chi connectivity index (χ2v) is 8.11. The molecule has 0 aliphatic heterocycles. The summed E-state index contributed by atoms with van der Waals surface area (Å²) >= 11 is 0. The number of carbonyl (C=O) groups is 2. The zero-order valence-corrected chi connectivity index (χ0v) is 19.4. The van der Waals surface area contributed by atoms with Crippen LogP contribution in [0.4, 0.5) is 0 Å². The summed E-state index contributed by atoms with van der Waals surface area (Å²) in [6, 6.07) is 15.0. The second-order valence-electron chi connectivity index (χ2n) is 8.11. The molecule has 0 fully saturated rings. The summed E-state index contributed by atoms with van der Waals surface area (Å²) < 4.78 is 10.7. The molecular weight excluding hydrogens is 420 g/mol. The van der Waals surface area contributed by atoms with Crippen molar-refractivity contribution in [1.29, 1.82) is 0 Å². The van der Waals surface area contributed by atoms with Gasteiger partial charge in [-0.2, -0.15) is 0 Å². The number of fused-ring (bicyclic) bond motifs is 1. The first-order valence-electron chi connectivity index (χ1n) is 11.0. The van der Waals surface area contributed by atoms with Crippen LogP contribution in [0, 0.1) is 6.92 Å². The smallest absolute Gasteiger partial charge is 0.242 e. The van der Waals surface area contributed by atoms with E-state index < -0.39 is 0 Å². The lowest BCUT2D eigenvalue weighted by Gasteiger charge is -2.27. The Kier molecular flexibility index (Phi) is 8.38. The van der Waals surface area contributed by atoms with Gasteiger partial charge in [-0.1, -0.05) is 42.0 Å². The maximum atomic E-state index is 13.3. The molecule has 174 valence electrons. The van der Waals surface area contributed by atoms with E-state index in [2.05, 4.69) is 0 Å². The van der Waals surface area contributed by atoms with Crippen LogP contribution in [-0.4, -0.2) is 48.4 Å². The summed E-state index contributed by atoms with van der Waals surface area (Å²) in [5.74, 6) is -0.421. The molecule has 1 aromatic heterocycles. The van der Waals surface area contributed by atoms with Gasteiger partial charge in [0.2, 0.25) is 11.8 Å². The quantitative estimate of drug-likeness (QED) is 0.442. The van der Waals surface area contributed by atoms with E-state index in [1.165, 1.54) is 18.1 Å². The van der Waals surface area contributed by atoms with E-state index in [0.717, 1.165) is 11.1 Å². The van der Waals surface area contributed by atoms with Gasteiger partial charge in [0.25, 0.3) is 0 Å². The predicted molar refractivity (Wildman–Crippen MR) is 127 cm³/mol. The molecule has 0 atom stereocenters. The number of hydrogen-bond donors (Lipinski definition) is 0. The van der Waals surface area contributed by atoms with Crippen molar-refractivity contribution in [2.75, 3.05) is 26.8 Å². The van der Waals surface area contributed by atoms with Gasteiger partial charge in [0.15, 0.2) is 5.43 Å². The van der Waals surface area contributed by atoms with Crippen LogP contribution in [-0.2, 0) is 27.4 Å². The number of aryl methyl sites for hydroxylation is 1. The molecule has 0 unspecified atom stereocenters. The summed E-state index contributed by atoms with van der Waals surface area (Å²) in [5.41, 5.74) is 2.63. The molecule has 0 bridgehead atoms. The van der Waals surface area contributed by atoms with Crippen molar-refractivity contribution in [3.63, 3.8) is 0 Å². The van der Waals surface area contributed by atoms with Gasteiger partial charge in [-0.05, 0) is 31.0 Å². The van der Waals surface area contributed by atoms with Gasteiger partial charge in [0.05, 0.1) is 30.3 Å². The molecule has 1 heterocycles. The van der Waals surface area contributed by atoms with E-state index in [1.54, 1.807) is 24.1 Å². The van der Waals surface area contributed by atoms with E-state index >= 15 is 0 Å². The SMILES string of the molecule is COCCCN(CC(=O)N(Cc1ccccc1)Cc1coc2ccc(C)cc2c1=O)C(C)=O. The Balaban J connectivity index is 1.87. The summed E-state index contributed by atoms with van der Waals surface area (Å²) in [6.07, 6.45) is 2.06. The van der Waals surface area contributed by atoms with Crippen molar-refractivity contribution in [1.82, 2.24) is 9.80 Å². The molecule has 0 aliphatic carbocycles. The molecule has 7 nitrogen and oxygen atoms in total. The predicted octanol–water partition coefficient (Wildman–Crippen LogP) is 3.52. The summed E-state index contributed by atoms with van der Waals surface area (Å²) in [7, 11) is 1.60. The molecule has 0 radical (unpaired) electrons. The monoisotopic (exact) mass is 450 g/mol. The number of amides is 2. The number of nitrogens with zero attached hydrogens (tertiary/aromatic N) is 2. The number of benzene rings is 2. The molecule has 2 amide bonds. The van der Waals surface area contributed by atoms with Crippen molar-refractivity contribution >= 4 is 22.8 Å². The largest absolute Gasteiger partial charge is 0.464 e. The minimum Gasteiger partial charge on any atom is -0.464 e. The number of carbonyl (C=O) groups excluding carboxylic acids is 2. The normalized spacial score (nSPS) is 10.9. The molecule has 0 N–H and O–H groups in total. The van der Waals surface area contributed by atoms with Gasteiger partial charge in [-0.15, -0.1) is 0 Å². The Labute approximate surface area is 193 Å². The average Bonchev–Trinajstić information content (AvgIpc) is 2.80. The van der Waals surface area contributed by atoms with Crippen LogP contribution in [0.5, 0.6) is 0 Å². The van der Waals surface area contributed by atoms with Crippen LogP contribution in [0.15, 0.2) is 64.0 Å². The fourth-order valence-electron chi connectivity index (χ4n) is 3.65. The number of rotatable bonds is 10. The molecule has 0 aliphatic rings. The molecule has 0 saturated heterocycles. The maximum absolute atomic E-state index is 13.3. The van der Waals surface area contributed by atoms with E-state index in [9.17, 15) is 14.4 Å². The van der Waals surface area contributed by atoms with Gasteiger partial charge in [0.1, 0.15) is 5.58 Å². The van der Waals surface area contributed by atoms with Crippen LogP contribution < -0.4 is 5.43 Å². The first-order valence-corrected chi connectivity index (χ1v) is 11.0. The van der Waals surface area contributed by atoms with E-state index in [-0.39, 0.29) is 30.3 Å². The van der Waals surface area contributed by atoms with Crippen LogP contribution in [0.1, 0.15) is 30.0 Å². The third kappa shape index (κ3) is 6.52. The molecule has 3 aromatic rings. The summed E-state index contributed by atoms with van der Waals surface area (Å²) in [4.78, 5) is 41.6. The third-order valence-corrected chi connectivity index (χ3v) is 5.48. The highest BCUT2D eigenvalue weighted by Crippen LogP contribution is 2.16. The van der Waals surface area contributed by atoms with Crippen LogP contribution >= 0.6 is 0 Å². The fourth-order valence-corrected chi connectivity index (χ4v) is 3.65. The van der Waals surface area contributed by atoms with Crippen molar-refractivity contribution in [3.05, 3.63) is 81.7 Å². The fraction of sp³-hybridized carbons (Fsp3) is 0.346. The van der Waals surface area contributed by atoms with E-state index in [1.807, 2.05) is 43.3 Å². The van der Waals surface area contributed by atoms with Gasteiger partial charge in [-0.3, -0.25) is 14.4 Å². The lowest BCUT2D eigenvalue weighted by molar-refractivity contribution is -0.140. The topological polar surface area (TPSA) is 80.1 Å². The number of hydrogen-bond acceptors (Lipinski definition) is 5. The Morgan fingerprint density at radius 3 is 2.48 bits per heavy atom. The average molecular weight is 451 g/mol. The molecule has 2 aromatic carbocycles. The van der Waals surface area contributed by atoms with Crippen molar-refractivity contribution in [3.8, 4) is 0 Å². The highest BCUT2D eigenvalue weighted by molar-refractivity contribution is 5.84. The minimum atomic E-state index is -0.241. The Bertz CT molecular complexity index is 1160. The maximum Gasteiger partial charge on any atom is 0.242 e. The van der Waals surface area contributed by atoms with Gasteiger partial charge in [-0.25, -0.2) is 0 Å². The Hall–Kier alpha value is -3.45. The molecule has 33 heavy (non-hydrogen) atoms. The number of ether oxygens (including phenoxy) is 1. The summed E-state index contributed by atoms with van der Waals surface area (Å²) in [5, 5.41) is 0.490. The second kappa shape index (κ2) is 11.4. The first kappa shape index (κ1) is 24.2. The molecule has 3 rings (SSSR count). The molecule has 0 saturated carbocycles. The van der Waals surface area contributed by atoms with Crippen LogP contribution in [0.2, 0.25) is 0 Å². The first-order chi connectivity index (χ1) is 15.9. The molecular formula is C26H30N2O5. The Morgan fingerprint density at radius 1 is 1.03 bits per heavy atom. The summed E-state index contributed by atoms with van der Waals surface area (Å²) in [6.45, 7) is 4.62. The molecule has 0 spiro atoms. The van der Waals surface area contributed by atoms with Gasteiger partial charge < -0.3 is 19.0 Å². The lowest BCUT2D eigenvalue weighted by atomic mass is 10.1. The van der Waals surface area contributed by atoms with Crippen LogP contribution in [0.25, 0.3) is 11.0 Å². The van der Waals surface area contributed by atoms with E-state index in [0.29, 0.717) is 42.6 Å². The van der Waals surface area contributed by atoms with Gasteiger partial charge >= 0.3 is 0 Å². The van der Waals surface area contributed by atoms with Crippen molar-refractivity contribution in [2.24, 2.45) is 0 Å². The standard InChI is InChI=1S/C26H30N2O5/c1-19-10-11-24-23(14-19)26(31)22(18-33-24)16-28(15-21-8-5-4-6-9-21)25(30)17-27(20(2)29)12-7-13-32-3/h4-6,8-11,14,18H,7,12-13,15-17H2,1-3H3.